The van der Waals surface area contributed by atoms with Gasteiger partial charge < -0.3 is 5.32 Å². The molecule has 0 fully saturated rings. The molecule has 2 aromatic heterocycles. The summed E-state index contributed by atoms with van der Waals surface area (Å²) < 4.78 is 2.59. The van der Waals surface area contributed by atoms with Crippen molar-refractivity contribution in [2.75, 3.05) is 5.32 Å². The summed E-state index contributed by atoms with van der Waals surface area (Å²) in [5.41, 5.74) is 3.37. The van der Waals surface area contributed by atoms with Crippen molar-refractivity contribution in [2.45, 2.75) is 0 Å². The first-order valence-electron chi connectivity index (χ1n) is 7.33. The topological polar surface area (TPSA) is 42.2 Å². The molecular formula is C18H12BrClN4. The molecule has 0 bridgehead atoms. The number of hydrogen-bond acceptors (Lipinski definition) is 3. The molecular weight excluding hydrogens is 388 g/mol. The average Bonchev–Trinajstić information content (AvgIpc) is 2.98. The molecule has 6 heteroatoms. The molecule has 0 amide bonds. The average molecular weight is 400 g/mol. The Morgan fingerprint density at radius 2 is 1.75 bits per heavy atom. The van der Waals surface area contributed by atoms with Crippen LogP contribution in [0.4, 0.5) is 11.5 Å². The molecule has 0 radical (unpaired) electrons. The zero-order valence-electron chi connectivity index (χ0n) is 12.4. The first-order valence-corrected chi connectivity index (χ1v) is 8.51. The van der Waals surface area contributed by atoms with Gasteiger partial charge in [0.2, 0.25) is 0 Å². The first kappa shape index (κ1) is 15.2. The third-order valence-corrected chi connectivity index (χ3v) is 4.51. The first-order chi connectivity index (χ1) is 11.7. The largest absolute Gasteiger partial charge is 0.340 e. The number of nitrogens with one attached hydrogen (secondary N) is 1. The van der Waals surface area contributed by atoms with Crippen LogP contribution in [0.1, 0.15) is 0 Å². The quantitative estimate of drug-likeness (QED) is 0.491. The minimum atomic E-state index is 0.663. The summed E-state index contributed by atoms with van der Waals surface area (Å²) in [6, 6.07) is 19.6. The summed E-state index contributed by atoms with van der Waals surface area (Å²) >= 11 is 9.85. The molecule has 2 heterocycles. The van der Waals surface area contributed by atoms with Crippen LogP contribution < -0.4 is 5.32 Å². The molecule has 0 saturated carbocycles. The van der Waals surface area contributed by atoms with E-state index >= 15 is 0 Å². The molecule has 2 aromatic carbocycles. The second-order valence-corrected chi connectivity index (χ2v) is 6.49. The maximum atomic E-state index is 6.34. The van der Waals surface area contributed by atoms with Crippen LogP contribution in [0.3, 0.4) is 0 Å². The third-order valence-electron chi connectivity index (χ3n) is 3.62. The lowest BCUT2D eigenvalue weighted by atomic mass is 10.1. The Labute approximate surface area is 152 Å². The highest BCUT2D eigenvalue weighted by molar-refractivity contribution is 9.10. The number of nitrogens with zero attached hydrogens (tertiary/aromatic N) is 3. The summed E-state index contributed by atoms with van der Waals surface area (Å²) in [4.78, 5) is 4.70. The van der Waals surface area contributed by atoms with Crippen LogP contribution in [0.25, 0.3) is 16.9 Å². The van der Waals surface area contributed by atoms with Crippen LogP contribution in [0.2, 0.25) is 5.02 Å². The van der Waals surface area contributed by atoms with Gasteiger partial charge in [-0.3, -0.25) is 0 Å². The lowest BCUT2D eigenvalue weighted by Gasteiger charge is -2.11. The van der Waals surface area contributed by atoms with Gasteiger partial charge in [0.1, 0.15) is 5.82 Å². The Morgan fingerprint density at radius 1 is 1.00 bits per heavy atom. The summed E-state index contributed by atoms with van der Waals surface area (Å²) in [5.74, 6) is 0.812. The fourth-order valence-electron chi connectivity index (χ4n) is 2.50. The lowest BCUT2D eigenvalue weighted by Crippen LogP contribution is -2.02. The molecule has 24 heavy (non-hydrogen) atoms. The fourth-order valence-corrected chi connectivity index (χ4v) is 3.08. The number of fused-ring (bicyclic) bond motifs is 1. The van der Waals surface area contributed by atoms with Crippen molar-refractivity contribution in [3.05, 3.63) is 76.4 Å². The molecule has 0 aliphatic heterocycles. The summed E-state index contributed by atoms with van der Waals surface area (Å²) in [6.07, 6.45) is 1.73. The van der Waals surface area contributed by atoms with E-state index in [4.69, 9.17) is 16.6 Å². The van der Waals surface area contributed by atoms with Crippen LogP contribution in [0.5, 0.6) is 0 Å². The van der Waals surface area contributed by atoms with E-state index in [1.165, 1.54) is 0 Å². The Balaban J connectivity index is 1.90. The molecule has 4 rings (SSSR count). The highest BCUT2D eigenvalue weighted by Crippen LogP contribution is 2.31. The maximum absolute atomic E-state index is 6.34. The lowest BCUT2D eigenvalue weighted by molar-refractivity contribution is 0.949. The highest BCUT2D eigenvalue weighted by atomic mass is 79.9. The van der Waals surface area contributed by atoms with Gasteiger partial charge >= 0.3 is 0 Å². The molecule has 1 N–H and O–H groups in total. The molecule has 0 spiro atoms. The molecule has 0 atom stereocenters. The molecule has 4 nitrogen and oxygen atoms in total. The van der Waals surface area contributed by atoms with Gasteiger partial charge in [-0.25, -0.2) is 4.98 Å². The second-order valence-electron chi connectivity index (χ2n) is 5.23. The predicted octanol–water partition coefficient (Wildman–Crippen LogP) is 5.56. The van der Waals surface area contributed by atoms with Crippen molar-refractivity contribution in [3.8, 4) is 11.3 Å². The molecule has 118 valence electrons. The van der Waals surface area contributed by atoms with E-state index in [9.17, 15) is 0 Å². The van der Waals surface area contributed by atoms with Gasteiger partial charge in [0.15, 0.2) is 5.65 Å². The molecule has 0 aliphatic carbocycles. The van der Waals surface area contributed by atoms with Crippen LogP contribution in [-0.4, -0.2) is 14.6 Å². The minimum absolute atomic E-state index is 0.663. The zero-order valence-corrected chi connectivity index (χ0v) is 14.8. The van der Waals surface area contributed by atoms with E-state index in [2.05, 4.69) is 26.3 Å². The van der Waals surface area contributed by atoms with Gasteiger partial charge in [-0.1, -0.05) is 48.0 Å². The van der Waals surface area contributed by atoms with E-state index in [0.717, 1.165) is 32.9 Å². The van der Waals surface area contributed by atoms with E-state index in [-0.39, 0.29) is 0 Å². The number of halogens is 2. The van der Waals surface area contributed by atoms with Crippen molar-refractivity contribution < 1.29 is 0 Å². The Bertz CT molecular complexity index is 1010. The molecule has 0 saturated heterocycles. The number of benzene rings is 2. The maximum Gasteiger partial charge on any atom is 0.172 e. The SMILES string of the molecule is Clc1ccccc1-c1cc(Nc2ccccc2)n2ncc(Br)c2n1. The molecule has 4 aromatic rings. The summed E-state index contributed by atoms with van der Waals surface area (Å²) in [5, 5.41) is 8.43. The highest BCUT2D eigenvalue weighted by Gasteiger charge is 2.13. The van der Waals surface area contributed by atoms with Crippen molar-refractivity contribution >= 4 is 44.7 Å². The van der Waals surface area contributed by atoms with Gasteiger partial charge in [-0.05, 0) is 34.1 Å². The number of para-hydroxylation sites is 1. The van der Waals surface area contributed by atoms with Gasteiger partial charge in [-0.2, -0.15) is 9.61 Å². The Kier molecular flexibility index (Phi) is 3.96. The van der Waals surface area contributed by atoms with Crippen LogP contribution >= 0.6 is 27.5 Å². The zero-order chi connectivity index (χ0) is 16.5. The van der Waals surface area contributed by atoms with Crippen molar-refractivity contribution in [3.63, 3.8) is 0 Å². The van der Waals surface area contributed by atoms with E-state index in [1.807, 2.05) is 60.7 Å². The monoisotopic (exact) mass is 398 g/mol. The number of rotatable bonds is 3. The van der Waals surface area contributed by atoms with Crippen molar-refractivity contribution in [1.82, 2.24) is 14.6 Å². The Hall–Kier alpha value is -2.37. The van der Waals surface area contributed by atoms with Gasteiger partial charge in [0, 0.05) is 22.3 Å². The number of anilines is 2. The molecule has 0 unspecified atom stereocenters. The summed E-state index contributed by atoms with van der Waals surface area (Å²) in [7, 11) is 0. The standard InChI is InChI=1S/C18H12BrClN4/c19-14-11-21-24-17(22-12-6-2-1-3-7-12)10-16(23-18(14)24)13-8-4-5-9-15(13)20/h1-11,22H. The Morgan fingerprint density at radius 3 is 2.54 bits per heavy atom. The van der Waals surface area contributed by atoms with Gasteiger partial charge in [-0.15, -0.1) is 0 Å². The van der Waals surface area contributed by atoms with Crippen LogP contribution in [0.15, 0.2) is 71.3 Å². The number of hydrogen-bond donors (Lipinski definition) is 1. The second kappa shape index (κ2) is 6.26. The minimum Gasteiger partial charge on any atom is -0.340 e. The van der Waals surface area contributed by atoms with E-state index in [1.54, 1.807) is 10.7 Å². The number of aromatic nitrogens is 3. The van der Waals surface area contributed by atoms with Gasteiger partial charge in [0.25, 0.3) is 0 Å². The smallest absolute Gasteiger partial charge is 0.172 e. The fraction of sp³-hybridized carbons (Fsp3) is 0. The van der Waals surface area contributed by atoms with Crippen molar-refractivity contribution in [1.29, 1.82) is 0 Å². The predicted molar refractivity (Wildman–Crippen MR) is 101 cm³/mol. The van der Waals surface area contributed by atoms with Crippen LogP contribution in [0, 0.1) is 0 Å². The van der Waals surface area contributed by atoms with Gasteiger partial charge in [0.05, 0.1) is 16.4 Å². The molecule has 0 aliphatic rings. The summed E-state index contributed by atoms with van der Waals surface area (Å²) in [6.45, 7) is 0. The van der Waals surface area contributed by atoms with Crippen molar-refractivity contribution in [2.24, 2.45) is 0 Å². The van der Waals surface area contributed by atoms with E-state index < -0.39 is 0 Å². The third kappa shape index (κ3) is 2.77. The normalized spacial score (nSPS) is 10.9. The van der Waals surface area contributed by atoms with E-state index in [0.29, 0.717) is 5.02 Å². The van der Waals surface area contributed by atoms with Crippen LogP contribution in [-0.2, 0) is 0 Å².